The van der Waals surface area contributed by atoms with Gasteiger partial charge in [-0.2, -0.15) is 0 Å². The summed E-state index contributed by atoms with van der Waals surface area (Å²) < 4.78 is 6.20. The summed E-state index contributed by atoms with van der Waals surface area (Å²) in [4.78, 5) is 24.2. The van der Waals surface area contributed by atoms with Crippen LogP contribution in [0, 0.1) is 5.92 Å². The molecule has 1 atom stereocenters. The van der Waals surface area contributed by atoms with Crippen LogP contribution in [0.15, 0.2) is 30.6 Å². The van der Waals surface area contributed by atoms with Crippen molar-refractivity contribution >= 4 is 11.9 Å². The van der Waals surface area contributed by atoms with E-state index < -0.39 is 12.0 Å². The van der Waals surface area contributed by atoms with E-state index in [0.717, 1.165) is 0 Å². The lowest BCUT2D eigenvalue weighted by Crippen LogP contribution is -2.42. The third kappa shape index (κ3) is 4.35. The maximum atomic E-state index is 12.4. The summed E-state index contributed by atoms with van der Waals surface area (Å²) in [6.45, 7) is 3.95. The Kier molecular flexibility index (Phi) is 5.40. The van der Waals surface area contributed by atoms with Gasteiger partial charge >= 0.3 is 5.97 Å². The van der Waals surface area contributed by atoms with Crippen LogP contribution < -0.4 is 5.32 Å². The Morgan fingerprint density at radius 2 is 2.13 bits per heavy atom. The summed E-state index contributed by atoms with van der Waals surface area (Å²) in [6, 6.07) is 6.13. The van der Waals surface area contributed by atoms with Gasteiger partial charge in [0.2, 0.25) is 0 Å². The van der Waals surface area contributed by atoms with Crippen LogP contribution in [0.4, 0.5) is 0 Å². The van der Waals surface area contributed by atoms with Gasteiger partial charge in [0.15, 0.2) is 0 Å². The zero-order valence-electron chi connectivity index (χ0n) is 13.3. The van der Waals surface area contributed by atoms with Crippen molar-refractivity contribution in [1.29, 1.82) is 0 Å². The summed E-state index contributed by atoms with van der Waals surface area (Å²) in [5.41, 5.74) is 1.07. The molecule has 8 nitrogen and oxygen atoms in total. The molecule has 0 saturated carbocycles. The molecule has 1 heterocycles. The number of carbonyl (C=O) groups excluding carboxylic acids is 2. The molecule has 0 fully saturated rings. The molecule has 23 heavy (non-hydrogen) atoms. The number of nitrogens with one attached hydrogen (secondary N) is 1. The summed E-state index contributed by atoms with van der Waals surface area (Å²) >= 11 is 0. The third-order valence-corrected chi connectivity index (χ3v) is 3.22. The van der Waals surface area contributed by atoms with Crippen molar-refractivity contribution in [2.45, 2.75) is 26.3 Å². The van der Waals surface area contributed by atoms with E-state index in [-0.39, 0.29) is 11.8 Å². The number of aromatic nitrogens is 4. The van der Waals surface area contributed by atoms with Gasteiger partial charge in [0.1, 0.15) is 12.4 Å². The van der Waals surface area contributed by atoms with Gasteiger partial charge in [0, 0.05) is 5.56 Å². The number of benzene rings is 1. The molecular formula is C15H19N5O3. The Morgan fingerprint density at radius 1 is 1.35 bits per heavy atom. The third-order valence-electron chi connectivity index (χ3n) is 3.22. The van der Waals surface area contributed by atoms with Crippen LogP contribution in [0.25, 0.3) is 5.69 Å². The van der Waals surface area contributed by atoms with Gasteiger partial charge in [-0.1, -0.05) is 19.9 Å². The molecular weight excluding hydrogens is 298 g/mol. The van der Waals surface area contributed by atoms with Crippen LogP contribution in [0.2, 0.25) is 0 Å². The van der Waals surface area contributed by atoms with Crippen molar-refractivity contribution in [2.75, 3.05) is 7.11 Å². The Hall–Kier alpha value is -2.77. The van der Waals surface area contributed by atoms with Gasteiger partial charge < -0.3 is 10.1 Å². The molecule has 122 valence electrons. The lowest BCUT2D eigenvalue weighted by atomic mass is 10.0. The lowest BCUT2D eigenvalue weighted by molar-refractivity contribution is -0.143. The van der Waals surface area contributed by atoms with Gasteiger partial charge in [-0.05, 0) is 41.0 Å². The zero-order chi connectivity index (χ0) is 16.8. The number of amides is 1. The van der Waals surface area contributed by atoms with E-state index >= 15 is 0 Å². The molecule has 1 aromatic heterocycles. The number of nitrogens with zero attached hydrogens (tertiary/aromatic N) is 4. The normalized spacial score (nSPS) is 12.0. The largest absolute Gasteiger partial charge is 0.467 e. The minimum absolute atomic E-state index is 0.243. The first-order valence-corrected chi connectivity index (χ1v) is 7.23. The molecule has 8 heteroatoms. The van der Waals surface area contributed by atoms with Crippen molar-refractivity contribution in [1.82, 2.24) is 25.5 Å². The number of hydrogen-bond donors (Lipinski definition) is 1. The standard InChI is InChI=1S/C15H19N5O3/c1-10(2)7-13(15(22)23-3)17-14(21)11-5-4-6-12(8-11)20-9-16-18-19-20/h4-6,8-10,13H,7H2,1-3H3,(H,17,21)/t13-/m0/s1. The van der Waals surface area contributed by atoms with Crippen LogP contribution in [-0.4, -0.2) is 45.2 Å². The molecule has 0 radical (unpaired) electrons. The molecule has 0 spiro atoms. The average molecular weight is 317 g/mol. The van der Waals surface area contributed by atoms with Gasteiger partial charge in [0.25, 0.3) is 5.91 Å². The van der Waals surface area contributed by atoms with E-state index in [1.165, 1.54) is 18.1 Å². The van der Waals surface area contributed by atoms with E-state index in [2.05, 4.69) is 20.8 Å². The number of hydrogen-bond acceptors (Lipinski definition) is 6. The predicted octanol–water partition coefficient (Wildman–Crippen LogP) is 0.980. The average Bonchev–Trinajstić information content (AvgIpc) is 3.07. The molecule has 0 aliphatic heterocycles. The Labute approximate surface area is 133 Å². The number of ether oxygens (including phenoxy) is 1. The second kappa shape index (κ2) is 7.48. The minimum Gasteiger partial charge on any atom is -0.467 e. The molecule has 0 unspecified atom stereocenters. The SMILES string of the molecule is COC(=O)[C@H](CC(C)C)NC(=O)c1cccc(-n2cnnn2)c1. The van der Waals surface area contributed by atoms with Crippen molar-refractivity contribution in [3.05, 3.63) is 36.2 Å². The van der Waals surface area contributed by atoms with E-state index in [1.807, 2.05) is 13.8 Å². The molecule has 2 aromatic rings. The summed E-state index contributed by atoms with van der Waals surface area (Å²) in [6.07, 6.45) is 1.94. The fourth-order valence-electron chi connectivity index (χ4n) is 2.14. The topological polar surface area (TPSA) is 99.0 Å². The highest BCUT2D eigenvalue weighted by molar-refractivity contribution is 5.97. The van der Waals surface area contributed by atoms with Gasteiger partial charge in [-0.25, -0.2) is 9.48 Å². The first kappa shape index (κ1) is 16.6. The van der Waals surface area contributed by atoms with E-state index in [4.69, 9.17) is 4.74 Å². The van der Waals surface area contributed by atoms with Crippen molar-refractivity contribution < 1.29 is 14.3 Å². The molecule has 0 saturated heterocycles. The molecule has 1 aromatic carbocycles. The monoisotopic (exact) mass is 317 g/mol. The van der Waals surface area contributed by atoms with Gasteiger partial charge in [-0.15, -0.1) is 5.10 Å². The number of esters is 1. The van der Waals surface area contributed by atoms with Crippen LogP contribution in [0.5, 0.6) is 0 Å². The maximum absolute atomic E-state index is 12.4. The minimum atomic E-state index is -0.677. The van der Waals surface area contributed by atoms with Gasteiger partial charge in [-0.3, -0.25) is 4.79 Å². The van der Waals surface area contributed by atoms with Crippen molar-refractivity contribution in [2.24, 2.45) is 5.92 Å². The van der Waals surface area contributed by atoms with E-state index in [1.54, 1.807) is 24.3 Å². The summed E-state index contributed by atoms with van der Waals surface area (Å²) in [5, 5.41) is 13.6. The number of tetrazole rings is 1. The fourth-order valence-corrected chi connectivity index (χ4v) is 2.14. The van der Waals surface area contributed by atoms with Crippen LogP contribution in [0.1, 0.15) is 30.6 Å². The van der Waals surface area contributed by atoms with Crippen LogP contribution >= 0.6 is 0 Å². The second-order valence-corrected chi connectivity index (χ2v) is 5.48. The first-order valence-electron chi connectivity index (χ1n) is 7.23. The molecule has 1 N–H and O–H groups in total. The number of methoxy groups -OCH3 is 1. The van der Waals surface area contributed by atoms with Crippen LogP contribution in [0.3, 0.4) is 0 Å². The summed E-state index contributed by atoms with van der Waals surface area (Å²) in [5.74, 6) is -0.563. The molecule has 2 rings (SSSR count). The highest BCUT2D eigenvalue weighted by Gasteiger charge is 2.23. The smallest absolute Gasteiger partial charge is 0.328 e. The highest BCUT2D eigenvalue weighted by atomic mass is 16.5. The van der Waals surface area contributed by atoms with Crippen molar-refractivity contribution in [3.63, 3.8) is 0 Å². The number of rotatable bonds is 6. The Morgan fingerprint density at radius 3 is 2.74 bits per heavy atom. The summed E-state index contributed by atoms with van der Waals surface area (Å²) in [7, 11) is 1.31. The lowest BCUT2D eigenvalue weighted by Gasteiger charge is -2.18. The number of carbonyl (C=O) groups is 2. The Balaban J connectivity index is 2.16. The van der Waals surface area contributed by atoms with Crippen molar-refractivity contribution in [3.8, 4) is 5.69 Å². The van der Waals surface area contributed by atoms with Gasteiger partial charge in [0.05, 0.1) is 12.8 Å². The molecule has 1 amide bonds. The molecule has 0 aliphatic carbocycles. The predicted molar refractivity (Wildman–Crippen MR) is 81.9 cm³/mol. The zero-order valence-corrected chi connectivity index (χ0v) is 13.3. The fraction of sp³-hybridized carbons (Fsp3) is 0.400. The molecule has 0 bridgehead atoms. The highest BCUT2D eigenvalue weighted by Crippen LogP contribution is 2.11. The maximum Gasteiger partial charge on any atom is 0.328 e. The second-order valence-electron chi connectivity index (χ2n) is 5.48. The van der Waals surface area contributed by atoms with E-state index in [0.29, 0.717) is 17.7 Å². The quantitative estimate of drug-likeness (QED) is 0.797. The van der Waals surface area contributed by atoms with E-state index in [9.17, 15) is 9.59 Å². The van der Waals surface area contributed by atoms with Crippen LogP contribution in [-0.2, 0) is 9.53 Å². The Bertz CT molecular complexity index is 670. The first-order chi connectivity index (χ1) is 11.0. The molecule has 0 aliphatic rings.